The van der Waals surface area contributed by atoms with Gasteiger partial charge < -0.3 is 4.74 Å². The minimum atomic E-state index is -0.419. The molecule has 2 aromatic rings. The standard InChI is InChI=1S/C17H12N4O2S2/c18-15-13(9-12-7-4-8-24-12)16(22)19-17-21(15)20-14(25-17)10-23-11-5-2-1-3-6-11/h1-9,18H,10H2/b13-9-,18-15?. The molecular weight excluding hydrogens is 356 g/mol. The molecular formula is C17H12N4O2S2. The summed E-state index contributed by atoms with van der Waals surface area (Å²) in [5, 5.41) is 17.0. The minimum Gasteiger partial charge on any atom is -0.487 e. The van der Waals surface area contributed by atoms with Gasteiger partial charge in [-0.1, -0.05) is 24.3 Å². The summed E-state index contributed by atoms with van der Waals surface area (Å²) in [6.07, 6.45) is 1.67. The number of nitrogens with one attached hydrogen (secondary N) is 1. The van der Waals surface area contributed by atoms with Crippen LogP contribution in [0.2, 0.25) is 0 Å². The number of benzene rings is 1. The summed E-state index contributed by atoms with van der Waals surface area (Å²) in [6.45, 7) is 0.260. The molecule has 2 aliphatic rings. The predicted octanol–water partition coefficient (Wildman–Crippen LogP) is 3.45. The lowest BCUT2D eigenvalue weighted by Crippen LogP contribution is -2.35. The molecule has 1 N–H and O–H groups in total. The number of aliphatic imine (C=N–C) groups is 1. The van der Waals surface area contributed by atoms with Gasteiger partial charge in [-0.15, -0.1) is 11.3 Å². The first kappa shape index (κ1) is 15.8. The van der Waals surface area contributed by atoms with Crippen molar-refractivity contribution in [1.82, 2.24) is 5.01 Å². The van der Waals surface area contributed by atoms with Crippen molar-refractivity contribution in [3.8, 4) is 5.75 Å². The monoisotopic (exact) mass is 368 g/mol. The summed E-state index contributed by atoms with van der Waals surface area (Å²) in [6, 6.07) is 13.2. The number of rotatable bonds is 4. The van der Waals surface area contributed by atoms with E-state index < -0.39 is 5.91 Å². The van der Waals surface area contributed by atoms with Crippen LogP contribution >= 0.6 is 23.1 Å². The quantitative estimate of drug-likeness (QED) is 0.839. The van der Waals surface area contributed by atoms with E-state index in [1.54, 1.807) is 6.08 Å². The van der Waals surface area contributed by atoms with Crippen LogP contribution in [0.4, 0.5) is 0 Å². The second kappa shape index (κ2) is 6.66. The van der Waals surface area contributed by atoms with Gasteiger partial charge in [-0.3, -0.25) is 10.2 Å². The van der Waals surface area contributed by atoms with Crippen molar-refractivity contribution in [2.24, 2.45) is 10.1 Å². The van der Waals surface area contributed by atoms with Gasteiger partial charge in [0.05, 0.1) is 5.57 Å². The number of ether oxygens (including phenoxy) is 1. The van der Waals surface area contributed by atoms with Gasteiger partial charge in [-0.05, 0) is 41.4 Å². The number of carbonyl (C=O) groups excluding carboxylic acids is 1. The third-order valence-electron chi connectivity index (χ3n) is 3.43. The molecule has 0 spiro atoms. The number of thiophene rings is 1. The van der Waals surface area contributed by atoms with Crippen LogP contribution in [0, 0.1) is 5.41 Å². The fraction of sp³-hybridized carbons (Fsp3) is 0.0588. The Labute approximate surface area is 152 Å². The Morgan fingerprint density at radius 3 is 2.80 bits per heavy atom. The Balaban J connectivity index is 1.53. The summed E-state index contributed by atoms with van der Waals surface area (Å²) in [5.41, 5.74) is 0.237. The lowest BCUT2D eigenvalue weighted by Gasteiger charge is -2.19. The molecule has 2 aliphatic heterocycles. The normalized spacial score (nSPS) is 18.2. The fourth-order valence-corrected chi connectivity index (χ4v) is 3.72. The molecule has 1 aromatic carbocycles. The summed E-state index contributed by atoms with van der Waals surface area (Å²) in [4.78, 5) is 17.2. The molecule has 0 bridgehead atoms. The van der Waals surface area contributed by atoms with E-state index in [1.165, 1.54) is 28.1 Å². The molecule has 0 aliphatic carbocycles. The molecule has 0 unspecified atom stereocenters. The first-order chi connectivity index (χ1) is 12.2. The number of nitrogens with zero attached hydrogens (tertiary/aromatic N) is 3. The van der Waals surface area contributed by atoms with Crippen molar-refractivity contribution in [1.29, 1.82) is 5.41 Å². The van der Waals surface area contributed by atoms with Crippen LogP contribution in [0.3, 0.4) is 0 Å². The van der Waals surface area contributed by atoms with Crippen LogP contribution in [0.1, 0.15) is 4.88 Å². The second-order valence-corrected chi connectivity index (χ2v) is 7.15. The number of amides is 1. The fourth-order valence-electron chi connectivity index (χ4n) is 2.27. The number of hydrogen-bond donors (Lipinski definition) is 1. The molecule has 0 saturated carbocycles. The van der Waals surface area contributed by atoms with Crippen LogP contribution in [-0.2, 0) is 4.79 Å². The highest BCUT2D eigenvalue weighted by molar-refractivity contribution is 8.27. The van der Waals surface area contributed by atoms with Gasteiger partial charge in [0, 0.05) is 4.88 Å². The maximum Gasteiger partial charge on any atom is 0.283 e. The molecule has 25 heavy (non-hydrogen) atoms. The summed E-state index contributed by atoms with van der Waals surface area (Å²) in [5.74, 6) is 0.352. The zero-order valence-electron chi connectivity index (χ0n) is 12.9. The van der Waals surface area contributed by atoms with Gasteiger partial charge >= 0.3 is 0 Å². The number of amidine groups is 2. The number of hydrogen-bond acceptors (Lipinski definition) is 6. The van der Waals surface area contributed by atoms with Crippen molar-refractivity contribution in [3.63, 3.8) is 0 Å². The average molecular weight is 368 g/mol. The summed E-state index contributed by atoms with van der Waals surface area (Å²) >= 11 is 2.74. The van der Waals surface area contributed by atoms with Crippen LogP contribution in [0.25, 0.3) is 6.08 Å². The predicted molar refractivity (Wildman–Crippen MR) is 101 cm³/mol. The summed E-state index contributed by atoms with van der Waals surface area (Å²) < 4.78 is 5.67. The largest absolute Gasteiger partial charge is 0.487 e. The molecule has 6 nitrogen and oxygen atoms in total. The first-order valence-electron chi connectivity index (χ1n) is 7.41. The van der Waals surface area contributed by atoms with Gasteiger partial charge in [0.25, 0.3) is 5.91 Å². The van der Waals surface area contributed by atoms with Crippen molar-refractivity contribution < 1.29 is 9.53 Å². The van der Waals surface area contributed by atoms with Crippen LogP contribution in [0.15, 0.2) is 63.5 Å². The number of para-hydroxylation sites is 1. The molecule has 0 radical (unpaired) electrons. The highest BCUT2D eigenvalue weighted by Crippen LogP contribution is 2.29. The van der Waals surface area contributed by atoms with E-state index in [2.05, 4.69) is 10.1 Å². The van der Waals surface area contributed by atoms with E-state index in [9.17, 15) is 4.79 Å². The van der Waals surface area contributed by atoms with Crippen molar-refractivity contribution >= 4 is 51.1 Å². The van der Waals surface area contributed by atoms with Gasteiger partial charge in [-0.25, -0.2) is 0 Å². The highest BCUT2D eigenvalue weighted by atomic mass is 32.2. The number of hydrazone groups is 1. The zero-order valence-corrected chi connectivity index (χ0v) is 14.5. The number of carbonyl (C=O) groups is 1. The molecule has 3 heterocycles. The molecule has 0 saturated heterocycles. The van der Waals surface area contributed by atoms with Crippen molar-refractivity contribution in [2.45, 2.75) is 0 Å². The van der Waals surface area contributed by atoms with Crippen LogP contribution < -0.4 is 4.74 Å². The Bertz CT molecular complexity index is 917. The molecule has 1 amide bonds. The minimum absolute atomic E-state index is 0.0330. The van der Waals surface area contributed by atoms with E-state index >= 15 is 0 Å². The van der Waals surface area contributed by atoms with Crippen molar-refractivity contribution in [2.75, 3.05) is 6.61 Å². The van der Waals surface area contributed by atoms with Crippen LogP contribution in [0.5, 0.6) is 5.75 Å². The second-order valence-electron chi connectivity index (χ2n) is 5.13. The molecule has 124 valence electrons. The van der Waals surface area contributed by atoms with E-state index in [0.29, 0.717) is 10.2 Å². The lowest BCUT2D eigenvalue weighted by molar-refractivity contribution is -0.114. The van der Waals surface area contributed by atoms with E-state index in [1.807, 2.05) is 47.8 Å². The summed E-state index contributed by atoms with van der Waals surface area (Å²) in [7, 11) is 0. The molecule has 8 heteroatoms. The number of fused-ring (bicyclic) bond motifs is 1. The third-order valence-corrected chi connectivity index (χ3v) is 5.13. The van der Waals surface area contributed by atoms with Gasteiger partial charge in [0.1, 0.15) is 17.4 Å². The Morgan fingerprint density at radius 1 is 1.20 bits per heavy atom. The maximum absolute atomic E-state index is 12.2. The highest BCUT2D eigenvalue weighted by Gasteiger charge is 2.35. The third kappa shape index (κ3) is 3.26. The molecule has 1 aromatic heterocycles. The molecule has 0 atom stereocenters. The Hall–Kier alpha value is -2.71. The average Bonchev–Trinajstić information content (AvgIpc) is 3.27. The van der Waals surface area contributed by atoms with Crippen LogP contribution in [-0.4, -0.2) is 33.6 Å². The van der Waals surface area contributed by atoms with Gasteiger partial charge in [0.2, 0.25) is 5.17 Å². The Kier molecular flexibility index (Phi) is 4.21. The van der Waals surface area contributed by atoms with E-state index in [4.69, 9.17) is 10.1 Å². The van der Waals surface area contributed by atoms with Gasteiger partial charge in [0.15, 0.2) is 5.84 Å². The van der Waals surface area contributed by atoms with E-state index in [0.717, 1.165) is 10.6 Å². The Morgan fingerprint density at radius 2 is 2.04 bits per heavy atom. The molecule has 4 rings (SSSR count). The SMILES string of the molecule is N=C1/C(=C/c2cccs2)C(=O)N=C2SC(COc3ccccc3)=NN12. The zero-order chi connectivity index (χ0) is 17.2. The van der Waals surface area contributed by atoms with E-state index in [-0.39, 0.29) is 18.0 Å². The first-order valence-corrected chi connectivity index (χ1v) is 9.11. The maximum atomic E-state index is 12.2. The molecule has 0 fully saturated rings. The smallest absolute Gasteiger partial charge is 0.283 e. The lowest BCUT2D eigenvalue weighted by atomic mass is 10.1. The topological polar surface area (TPSA) is 78.1 Å². The van der Waals surface area contributed by atoms with Crippen molar-refractivity contribution in [3.05, 3.63) is 58.3 Å². The number of thioether (sulfide) groups is 1. The van der Waals surface area contributed by atoms with Gasteiger partial charge in [-0.2, -0.15) is 15.1 Å².